The monoisotopic (exact) mass is 193 g/mol. The fourth-order valence-electron chi connectivity index (χ4n) is 1.21. The Morgan fingerprint density at radius 2 is 1.85 bits per heavy atom. The van der Waals surface area contributed by atoms with E-state index in [1.165, 1.54) is 0 Å². The smallest absolute Gasteiger partial charge is 0.184 e. The molecule has 5 unspecified atom stereocenters. The average Bonchev–Trinajstić information content (AvgIpc) is 2.13. The van der Waals surface area contributed by atoms with E-state index in [9.17, 15) is 10.0 Å². The van der Waals surface area contributed by atoms with Crippen molar-refractivity contribution in [3.8, 4) is 0 Å². The molecule has 0 aromatic heterocycles. The Morgan fingerprint density at radius 3 is 2.31 bits per heavy atom. The van der Waals surface area contributed by atoms with E-state index in [4.69, 9.17) is 15.3 Å². The van der Waals surface area contributed by atoms with Crippen molar-refractivity contribution in [3.63, 3.8) is 0 Å². The summed E-state index contributed by atoms with van der Waals surface area (Å²) >= 11 is 0. The van der Waals surface area contributed by atoms with Gasteiger partial charge in [0.2, 0.25) is 0 Å². The zero-order chi connectivity index (χ0) is 10.0. The minimum Gasteiger partial charge on any atom is -0.394 e. The molecule has 0 aromatic carbocycles. The van der Waals surface area contributed by atoms with E-state index in [0.29, 0.717) is 0 Å². The van der Waals surface area contributed by atoms with E-state index in [0.717, 1.165) is 0 Å². The van der Waals surface area contributed by atoms with Gasteiger partial charge < -0.3 is 25.2 Å². The maximum absolute atomic E-state index is 10.2. The predicted octanol–water partition coefficient (Wildman–Crippen LogP) is -2.45. The van der Waals surface area contributed by atoms with Crippen molar-refractivity contribution in [2.24, 2.45) is 5.18 Å². The second-order valence-corrected chi connectivity index (χ2v) is 2.82. The van der Waals surface area contributed by atoms with Gasteiger partial charge in [0.15, 0.2) is 6.29 Å². The lowest BCUT2D eigenvalue weighted by molar-refractivity contribution is -0.258. The molecule has 0 radical (unpaired) electrons. The van der Waals surface area contributed by atoms with Crippen LogP contribution in [-0.2, 0) is 4.74 Å². The van der Waals surface area contributed by atoms with Crippen LogP contribution < -0.4 is 0 Å². The zero-order valence-corrected chi connectivity index (χ0v) is 6.65. The van der Waals surface area contributed by atoms with E-state index in [1.807, 2.05) is 0 Å². The van der Waals surface area contributed by atoms with Gasteiger partial charge in [-0.3, -0.25) is 0 Å². The molecule has 4 N–H and O–H groups in total. The van der Waals surface area contributed by atoms with Crippen molar-refractivity contribution in [1.29, 1.82) is 0 Å². The van der Waals surface area contributed by atoms with E-state index >= 15 is 0 Å². The predicted molar refractivity (Wildman–Crippen MR) is 39.6 cm³/mol. The molecule has 13 heavy (non-hydrogen) atoms. The molecule has 0 spiro atoms. The number of ether oxygens (including phenoxy) is 1. The van der Waals surface area contributed by atoms with Gasteiger partial charge in [0.25, 0.3) is 0 Å². The molecule has 5 atom stereocenters. The third-order valence-corrected chi connectivity index (χ3v) is 1.99. The van der Waals surface area contributed by atoms with Gasteiger partial charge in [-0.25, -0.2) is 0 Å². The number of hydrogen-bond acceptors (Lipinski definition) is 7. The highest BCUT2D eigenvalue weighted by Crippen LogP contribution is 2.21. The molecule has 1 aliphatic heterocycles. The van der Waals surface area contributed by atoms with Crippen molar-refractivity contribution < 1.29 is 25.2 Å². The maximum atomic E-state index is 10.2. The van der Waals surface area contributed by atoms with E-state index in [2.05, 4.69) is 9.91 Å². The van der Waals surface area contributed by atoms with Crippen LogP contribution >= 0.6 is 0 Å². The Balaban J connectivity index is 2.74. The molecule has 0 bridgehead atoms. The SMILES string of the molecule is O=NC1C(CO)OC(O)C(O)C1O. The van der Waals surface area contributed by atoms with Crippen LogP contribution in [0.15, 0.2) is 5.18 Å². The summed E-state index contributed by atoms with van der Waals surface area (Å²) in [5, 5.41) is 38.4. The van der Waals surface area contributed by atoms with Crippen LogP contribution in [0, 0.1) is 4.91 Å². The van der Waals surface area contributed by atoms with Gasteiger partial charge in [-0.2, -0.15) is 4.91 Å². The molecule has 0 amide bonds. The number of aliphatic hydroxyl groups excluding tert-OH is 4. The lowest BCUT2D eigenvalue weighted by Gasteiger charge is -2.36. The summed E-state index contributed by atoms with van der Waals surface area (Å²) in [5.41, 5.74) is 0. The number of rotatable bonds is 2. The molecule has 76 valence electrons. The van der Waals surface area contributed by atoms with Crippen LogP contribution in [0.5, 0.6) is 0 Å². The Labute approximate surface area is 73.5 Å². The standard InChI is InChI=1S/C6H11NO6/c8-1-2-3(7-12)4(9)5(10)6(11)13-2/h2-6,8-11H,1H2. The van der Waals surface area contributed by atoms with Crippen LogP contribution in [0.2, 0.25) is 0 Å². The molecule has 1 fully saturated rings. The third-order valence-electron chi connectivity index (χ3n) is 1.99. The lowest BCUT2D eigenvalue weighted by Crippen LogP contribution is -2.57. The molecule has 1 rings (SSSR count). The molecular formula is C6H11NO6. The summed E-state index contributed by atoms with van der Waals surface area (Å²) in [6, 6.07) is -1.26. The van der Waals surface area contributed by atoms with Crippen molar-refractivity contribution in [2.75, 3.05) is 6.61 Å². The third kappa shape index (κ3) is 1.84. The molecule has 0 aromatic rings. The topological polar surface area (TPSA) is 120 Å². The second kappa shape index (κ2) is 4.07. The van der Waals surface area contributed by atoms with Gasteiger partial charge in [-0.05, 0) is 0 Å². The van der Waals surface area contributed by atoms with Gasteiger partial charge in [0.1, 0.15) is 24.4 Å². The van der Waals surface area contributed by atoms with Gasteiger partial charge >= 0.3 is 0 Å². The molecule has 1 aliphatic rings. The quantitative estimate of drug-likeness (QED) is 0.361. The summed E-state index contributed by atoms with van der Waals surface area (Å²) in [5.74, 6) is 0. The number of hydrogen-bond donors (Lipinski definition) is 4. The van der Waals surface area contributed by atoms with Crippen molar-refractivity contribution in [2.45, 2.75) is 30.6 Å². The summed E-state index contributed by atoms with van der Waals surface area (Å²) < 4.78 is 4.62. The fourth-order valence-corrected chi connectivity index (χ4v) is 1.21. The van der Waals surface area contributed by atoms with Gasteiger partial charge in [-0.1, -0.05) is 5.18 Å². The normalized spacial score (nSPS) is 46.0. The molecule has 1 heterocycles. The number of nitroso groups, excluding NO2 is 1. The van der Waals surface area contributed by atoms with Crippen LogP contribution in [0.1, 0.15) is 0 Å². The summed E-state index contributed by atoms with van der Waals surface area (Å²) in [6.45, 7) is -0.558. The van der Waals surface area contributed by atoms with E-state index in [1.54, 1.807) is 0 Å². The van der Waals surface area contributed by atoms with E-state index < -0.39 is 37.3 Å². The van der Waals surface area contributed by atoms with Gasteiger partial charge in [0, 0.05) is 0 Å². The largest absolute Gasteiger partial charge is 0.394 e. The first-order chi connectivity index (χ1) is 6.11. The van der Waals surface area contributed by atoms with Gasteiger partial charge in [-0.15, -0.1) is 0 Å². The second-order valence-electron chi connectivity index (χ2n) is 2.82. The van der Waals surface area contributed by atoms with Crippen molar-refractivity contribution in [1.82, 2.24) is 0 Å². The first-order valence-electron chi connectivity index (χ1n) is 3.74. The van der Waals surface area contributed by atoms with Crippen LogP contribution in [0.4, 0.5) is 0 Å². The number of aliphatic hydroxyl groups is 4. The fraction of sp³-hybridized carbons (Fsp3) is 1.00. The van der Waals surface area contributed by atoms with Crippen LogP contribution in [-0.4, -0.2) is 57.7 Å². The Hall–Kier alpha value is -0.600. The molecule has 7 heteroatoms. The molecule has 7 nitrogen and oxygen atoms in total. The zero-order valence-electron chi connectivity index (χ0n) is 6.65. The maximum Gasteiger partial charge on any atom is 0.184 e. The summed E-state index contributed by atoms with van der Waals surface area (Å²) in [6.07, 6.45) is -5.78. The molecule has 0 saturated carbocycles. The highest BCUT2D eigenvalue weighted by Gasteiger charge is 2.44. The van der Waals surface area contributed by atoms with Crippen molar-refractivity contribution in [3.05, 3.63) is 4.91 Å². The summed E-state index contributed by atoms with van der Waals surface area (Å²) in [4.78, 5) is 10.2. The average molecular weight is 193 g/mol. The minimum absolute atomic E-state index is 0.558. The molecule has 0 aliphatic carbocycles. The highest BCUT2D eigenvalue weighted by molar-refractivity contribution is 4.93. The summed E-state index contributed by atoms with van der Waals surface area (Å²) in [7, 11) is 0. The lowest BCUT2D eigenvalue weighted by atomic mass is 9.97. The number of nitrogens with zero attached hydrogens (tertiary/aromatic N) is 1. The van der Waals surface area contributed by atoms with Crippen molar-refractivity contribution >= 4 is 0 Å². The first-order valence-corrected chi connectivity index (χ1v) is 3.74. The Bertz CT molecular complexity index is 186. The molecule has 1 saturated heterocycles. The van der Waals surface area contributed by atoms with E-state index in [-0.39, 0.29) is 0 Å². The van der Waals surface area contributed by atoms with Gasteiger partial charge in [0.05, 0.1) is 6.61 Å². The Kier molecular flexibility index (Phi) is 3.28. The Morgan fingerprint density at radius 1 is 1.23 bits per heavy atom. The first kappa shape index (κ1) is 10.5. The highest BCUT2D eigenvalue weighted by atomic mass is 16.6. The molecular weight excluding hydrogens is 182 g/mol. The minimum atomic E-state index is -1.61. The van der Waals surface area contributed by atoms with Crippen LogP contribution in [0.25, 0.3) is 0 Å². The van der Waals surface area contributed by atoms with Crippen LogP contribution in [0.3, 0.4) is 0 Å².